The van der Waals surface area contributed by atoms with Crippen LogP contribution in [0.15, 0.2) is 12.3 Å². The second-order valence-corrected chi connectivity index (χ2v) is 3.07. The highest BCUT2D eigenvalue weighted by atomic mass is 16.5. The van der Waals surface area contributed by atoms with Gasteiger partial charge in [0.25, 0.3) is 0 Å². The zero-order valence-corrected chi connectivity index (χ0v) is 8.90. The Morgan fingerprint density at radius 2 is 2.40 bits per heavy atom. The van der Waals surface area contributed by atoms with Crippen molar-refractivity contribution in [3.8, 4) is 0 Å². The molecule has 6 heteroatoms. The number of methoxy groups -OCH3 is 1. The summed E-state index contributed by atoms with van der Waals surface area (Å²) in [7, 11) is 3.50. The summed E-state index contributed by atoms with van der Waals surface area (Å²) in [6.45, 7) is 1.29. The second-order valence-electron chi connectivity index (χ2n) is 3.07. The molecule has 0 aliphatic carbocycles. The average Bonchev–Trinajstić information content (AvgIpc) is 2.26. The summed E-state index contributed by atoms with van der Waals surface area (Å²) in [5.41, 5.74) is 5.77. The highest BCUT2D eigenvalue weighted by Crippen LogP contribution is 2.04. The highest BCUT2D eigenvalue weighted by Gasteiger charge is 2.05. The van der Waals surface area contributed by atoms with Crippen LogP contribution in [0.25, 0.3) is 0 Å². The molecule has 0 aliphatic heterocycles. The quantitative estimate of drug-likeness (QED) is 0.520. The molecule has 0 bridgehead atoms. The Kier molecular flexibility index (Phi) is 3.99. The molecule has 0 radical (unpaired) electrons. The summed E-state index contributed by atoms with van der Waals surface area (Å²) in [6.07, 6.45) is 1.59. The lowest BCUT2D eigenvalue weighted by atomic mass is 10.4. The molecule has 1 rings (SSSR count). The normalized spacial score (nSPS) is 10.0. The second kappa shape index (κ2) is 5.26. The maximum atomic E-state index is 7.26. The van der Waals surface area contributed by atoms with Crippen LogP contribution >= 0.6 is 0 Å². The summed E-state index contributed by atoms with van der Waals surface area (Å²) in [4.78, 5) is 10.1. The van der Waals surface area contributed by atoms with Gasteiger partial charge in [-0.2, -0.15) is 0 Å². The van der Waals surface area contributed by atoms with E-state index in [2.05, 4.69) is 9.97 Å². The number of rotatable bonds is 5. The third kappa shape index (κ3) is 3.17. The van der Waals surface area contributed by atoms with E-state index in [1.807, 2.05) is 11.9 Å². The molecule has 1 aromatic rings. The van der Waals surface area contributed by atoms with Crippen molar-refractivity contribution in [2.45, 2.75) is 0 Å². The summed E-state index contributed by atoms with van der Waals surface area (Å²) < 4.78 is 4.95. The number of amidine groups is 1. The van der Waals surface area contributed by atoms with E-state index in [0.29, 0.717) is 24.8 Å². The number of likely N-dealkylation sites (N-methyl/N-ethyl adjacent to an activating group) is 1. The van der Waals surface area contributed by atoms with Crippen molar-refractivity contribution in [2.75, 3.05) is 32.2 Å². The van der Waals surface area contributed by atoms with Crippen LogP contribution in [0.4, 0.5) is 5.95 Å². The van der Waals surface area contributed by atoms with Gasteiger partial charge >= 0.3 is 0 Å². The van der Waals surface area contributed by atoms with Crippen molar-refractivity contribution in [2.24, 2.45) is 5.73 Å². The number of anilines is 1. The van der Waals surface area contributed by atoms with Crippen LogP contribution in [0.1, 0.15) is 5.69 Å². The molecule has 0 aromatic carbocycles. The molecule has 0 saturated heterocycles. The topological polar surface area (TPSA) is 88.1 Å². The summed E-state index contributed by atoms with van der Waals surface area (Å²) >= 11 is 0. The number of hydrogen-bond donors (Lipinski definition) is 2. The Bertz CT molecular complexity index is 341. The van der Waals surface area contributed by atoms with Gasteiger partial charge < -0.3 is 15.4 Å². The van der Waals surface area contributed by atoms with Crippen molar-refractivity contribution in [3.05, 3.63) is 18.0 Å². The van der Waals surface area contributed by atoms with Crippen molar-refractivity contribution in [1.82, 2.24) is 9.97 Å². The summed E-state index contributed by atoms with van der Waals surface area (Å²) in [5.74, 6) is 0.485. The number of aromatic nitrogens is 2. The Morgan fingerprint density at radius 1 is 1.67 bits per heavy atom. The Balaban J connectivity index is 2.76. The smallest absolute Gasteiger partial charge is 0.225 e. The SMILES string of the molecule is COCCN(C)c1nccc(C(=N)N)n1. The molecule has 1 aromatic heterocycles. The minimum absolute atomic E-state index is 0.0567. The number of nitrogens with one attached hydrogen (secondary N) is 1. The van der Waals surface area contributed by atoms with Crippen molar-refractivity contribution in [3.63, 3.8) is 0 Å². The molecule has 0 atom stereocenters. The Hall–Kier alpha value is -1.69. The minimum atomic E-state index is -0.0567. The van der Waals surface area contributed by atoms with Crippen molar-refractivity contribution >= 4 is 11.8 Å². The molecule has 0 saturated carbocycles. The monoisotopic (exact) mass is 209 g/mol. The first-order valence-electron chi connectivity index (χ1n) is 4.52. The summed E-state index contributed by atoms with van der Waals surface area (Å²) in [6, 6.07) is 1.61. The molecule has 6 nitrogen and oxygen atoms in total. The zero-order valence-electron chi connectivity index (χ0n) is 8.90. The van der Waals surface area contributed by atoms with Crippen LogP contribution in [0.5, 0.6) is 0 Å². The van der Waals surface area contributed by atoms with Crippen LogP contribution in [0.3, 0.4) is 0 Å². The van der Waals surface area contributed by atoms with Gasteiger partial charge in [-0.25, -0.2) is 9.97 Å². The van der Waals surface area contributed by atoms with Gasteiger partial charge in [-0.1, -0.05) is 0 Å². The van der Waals surface area contributed by atoms with Gasteiger partial charge in [0.2, 0.25) is 5.95 Å². The lowest BCUT2D eigenvalue weighted by Gasteiger charge is -2.16. The maximum absolute atomic E-state index is 7.26. The van der Waals surface area contributed by atoms with Gasteiger partial charge in [0.15, 0.2) is 0 Å². The summed E-state index contributed by atoms with van der Waals surface area (Å²) in [5, 5.41) is 7.26. The largest absolute Gasteiger partial charge is 0.383 e. The fourth-order valence-electron chi connectivity index (χ4n) is 1.01. The van der Waals surface area contributed by atoms with E-state index >= 15 is 0 Å². The first kappa shape index (κ1) is 11.4. The fraction of sp³-hybridized carbons (Fsp3) is 0.444. The van der Waals surface area contributed by atoms with Crippen molar-refractivity contribution < 1.29 is 4.74 Å². The Labute approximate surface area is 88.6 Å². The van der Waals surface area contributed by atoms with E-state index in [9.17, 15) is 0 Å². The molecular weight excluding hydrogens is 194 g/mol. The van der Waals surface area contributed by atoms with Gasteiger partial charge in [0.05, 0.1) is 6.61 Å². The van der Waals surface area contributed by atoms with Crippen LogP contribution < -0.4 is 10.6 Å². The van der Waals surface area contributed by atoms with Gasteiger partial charge in [0.1, 0.15) is 11.5 Å². The third-order valence-electron chi connectivity index (χ3n) is 1.89. The van der Waals surface area contributed by atoms with Crippen LogP contribution in [-0.4, -0.2) is 43.1 Å². The molecule has 0 amide bonds. The lowest BCUT2D eigenvalue weighted by molar-refractivity contribution is 0.206. The molecule has 15 heavy (non-hydrogen) atoms. The van der Waals surface area contributed by atoms with E-state index in [4.69, 9.17) is 15.9 Å². The number of nitrogens with two attached hydrogens (primary N) is 1. The van der Waals surface area contributed by atoms with E-state index < -0.39 is 0 Å². The van der Waals surface area contributed by atoms with Gasteiger partial charge in [-0.3, -0.25) is 5.41 Å². The average molecular weight is 209 g/mol. The molecule has 0 unspecified atom stereocenters. The predicted octanol–water partition coefficient (Wildman–Crippen LogP) is -0.157. The van der Waals surface area contributed by atoms with Gasteiger partial charge in [0, 0.05) is 26.9 Å². The highest BCUT2D eigenvalue weighted by molar-refractivity contribution is 5.93. The van der Waals surface area contributed by atoms with Crippen LogP contribution in [0.2, 0.25) is 0 Å². The van der Waals surface area contributed by atoms with Crippen molar-refractivity contribution in [1.29, 1.82) is 5.41 Å². The van der Waals surface area contributed by atoms with E-state index in [0.717, 1.165) is 0 Å². The van der Waals surface area contributed by atoms with Gasteiger partial charge in [-0.15, -0.1) is 0 Å². The fourth-order valence-corrected chi connectivity index (χ4v) is 1.01. The van der Waals surface area contributed by atoms with E-state index in [1.54, 1.807) is 19.4 Å². The number of ether oxygens (including phenoxy) is 1. The van der Waals surface area contributed by atoms with E-state index in [-0.39, 0.29) is 5.84 Å². The lowest BCUT2D eigenvalue weighted by Crippen LogP contribution is -2.25. The molecule has 1 heterocycles. The maximum Gasteiger partial charge on any atom is 0.225 e. The number of nitrogens with zero attached hydrogens (tertiary/aromatic N) is 3. The molecule has 0 aliphatic rings. The number of nitrogen functional groups attached to an aromatic ring is 1. The molecule has 82 valence electrons. The molecule has 3 N–H and O–H groups in total. The van der Waals surface area contributed by atoms with Crippen LogP contribution in [0, 0.1) is 5.41 Å². The first-order valence-corrected chi connectivity index (χ1v) is 4.52. The Morgan fingerprint density at radius 3 is 3.00 bits per heavy atom. The standard InChI is InChI=1S/C9H15N5O/c1-14(5-6-15-2)9-12-4-3-7(13-9)8(10)11/h3-4H,5-6H2,1-2H3,(H3,10,11). The third-order valence-corrected chi connectivity index (χ3v) is 1.89. The predicted molar refractivity (Wildman–Crippen MR) is 58.2 cm³/mol. The molecule has 0 fully saturated rings. The minimum Gasteiger partial charge on any atom is -0.383 e. The van der Waals surface area contributed by atoms with E-state index in [1.165, 1.54) is 0 Å². The molecule has 0 spiro atoms. The first-order chi connectivity index (χ1) is 7.15. The van der Waals surface area contributed by atoms with Crippen LogP contribution in [-0.2, 0) is 4.74 Å². The number of hydrogen-bond acceptors (Lipinski definition) is 5. The zero-order chi connectivity index (χ0) is 11.3. The van der Waals surface area contributed by atoms with Gasteiger partial charge in [-0.05, 0) is 6.07 Å². The molecular formula is C9H15N5O.